The van der Waals surface area contributed by atoms with Crippen LogP contribution in [0.25, 0.3) is 5.53 Å². The molecule has 80 valence electrons. The van der Waals surface area contributed by atoms with Crippen LogP contribution in [0.15, 0.2) is 24.3 Å². The van der Waals surface area contributed by atoms with Crippen molar-refractivity contribution >= 4 is 17.3 Å². The standard InChI is InChI=1S/C10H7FN4O/c1-15(10(16)9(6-12)14-13)8-4-2-7(11)3-5-8/h2-5H,1H3. The van der Waals surface area contributed by atoms with E-state index in [2.05, 4.69) is 4.79 Å². The molecule has 0 fully saturated rings. The molecule has 0 saturated heterocycles. The third-order valence-electron chi connectivity index (χ3n) is 1.93. The van der Waals surface area contributed by atoms with Crippen LogP contribution in [-0.2, 0) is 4.79 Å². The molecular weight excluding hydrogens is 211 g/mol. The SMILES string of the molecule is CN(C(=O)C(C#N)=[N+]=[N-])c1ccc(F)cc1. The predicted molar refractivity (Wildman–Crippen MR) is 54.0 cm³/mol. The van der Waals surface area contributed by atoms with Crippen molar-refractivity contribution in [2.75, 3.05) is 11.9 Å². The molecule has 1 aromatic rings. The maximum absolute atomic E-state index is 12.6. The number of amides is 1. The Morgan fingerprint density at radius 2 is 2.06 bits per heavy atom. The highest BCUT2D eigenvalue weighted by Crippen LogP contribution is 2.13. The number of anilines is 1. The van der Waals surface area contributed by atoms with E-state index in [4.69, 9.17) is 10.8 Å². The lowest BCUT2D eigenvalue weighted by atomic mass is 10.2. The third-order valence-corrected chi connectivity index (χ3v) is 1.93. The van der Waals surface area contributed by atoms with Crippen molar-refractivity contribution in [1.82, 2.24) is 0 Å². The zero-order valence-corrected chi connectivity index (χ0v) is 8.38. The van der Waals surface area contributed by atoms with Crippen molar-refractivity contribution in [3.05, 3.63) is 35.6 Å². The van der Waals surface area contributed by atoms with Gasteiger partial charge < -0.3 is 10.4 Å². The number of hydrogen-bond acceptors (Lipinski definition) is 2. The minimum absolute atomic E-state index is 0.391. The van der Waals surface area contributed by atoms with Crippen molar-refractivity contribution < 1.29 is 14.0 Å². The van der Waals surface area contributed by atoms with E-state index in [1.165, 1.54) is 37.4 Å². The van der Waals surface area contributed by atoms with Gasteiger partial charge in [0.2, 0.25) is 0 Å². The Kier molecular flexibility index (Phi) is 3.49. The van der Waals surface area contributed by atoms with Crippen LogP contribution >= 0.6 is 0 Å². The average molecular weight is 218 g/mol. The summed E-state index contributed by atoms with van der Waals surface area (Å²) in [6, 6.07) is 6.56. The molecule has 0 heterocycles. The van der Waals surface area contributed by atoms with Gasteiger partial charge in [-0.05, 0) is 24.3 Å². The van der Waals surface area contributed by atoms with Gasteiger partial charge in [0.15, 0.2) is 6.07 Å². The molecule has 0 saturated carbocycles. The Morgan fingerprint density at radius 3 is 2.50 bits per heavy atom. The smallest absolute Gasteiger partial charge is 0.360 e. The molecule has 6 heteroatoms. The van der Waals surface area contributed by atoms with E-state index in [0.717, 1.165) is 4.90 Å². The number of carbonyl (C=O) groups is 1. The molecule has 0 aliphatic carbocycles. The molecule has 0 aliphatic heterocycles. The minimum atomic E-state index is -0.767. The van der Waals surface area contributed by atoms with Gasteiger partial charge in [-0.2, -0.15) is 5.26 Å². The Labute approximate surface area is 91.0 Å². The van der Waals surface area contributed by atoms with Gasteiger partial charge in [0.05, 0.1) is 0 Å². The molecule has 0 atom stereocenters. The number of carbonyl (C=O) groups excluding carboxylic acids is 1. The Hall–Kier alpha value is -2.51. The number of halogens is 1. The Morgan fingerprint density at radius 1 is 1.50 bits per heavy atom. The van der Waals surface area contributed by atoms with Gasteiger partial charge in [-0.3, -0.25) is 4.79 Å². The number of rotatable bonds is 2. The first-order valence-corrected chi connectivity index (χ1v) is 4.26. The maximum Gasteiger partial charge on any atom is 0.455 e. The second-order valence-electron chi connectivity index (χ2n) is 2.90. The van der Waals surface area contributed by atoms with E-state index in [0.29, 0.717) is 5.69 Å². The monoisotopic (exact) mass is 218 g/mol. The summed E-state index contributed by atoms with van der Waals surface area (Å²) in [5, 5.41) is 8.49. The highest BCUT2D eigenvalue weighted by atomic mass is 19.1. The maximum atomic E-state index is 12.6. The first-order chi connectivity index (χ1) is 7.60. The first-order valence-electron chi connectivity index (χ1n) is 4.26. The second kappa shape index (κ2) is 4.82. The van der Waals surface area contributed by atoms with Crippen molar-refractivity contribution in [2.45, 2.75) is 0 Å². The normalized spacial score (nSPS) is 8.81. The summed E-state index contributed by atoms with van der Waals surface area (Å²) in [6.45, 7) is 0. The highest BCUT2D eigenvalue weighted by molar-refractivity contribution is 6.46. The molecule has 0 unspecified atom stereocenters. The van der Waals surface area contributed by atoms with E-state index >= 15 is 0 Å². The number of hydrogen-bond donors (Lipinski definition) is 0. The minimum Gasteiger partial charge on any atom is -0.360 e. The first kappa shape index (κ1) is 11.6. The average Bonchev–Trinajstić information content (AvgIpc) is 2.30. The fourth-order valence-electron chi connectivity index (χ4n) is 1.05. The molecule has 0 aliphatic rings. The van der Waals surface area contributed by atoms with Crippen molar-refractivity contribution in [2.24, 2.45) is 0 Å². The number of nitrogens with zero attached hydrogens (tertiary/aromatic N) is 4. The van der Waals surface area contributed by atoms with Gasteiger partial charge in [-0.1, -0.05) is 0 Å². The summed E-state index contributed by atoms with van der Waals surface area (Å²) in [4.78, 5) is 15.2. The van der Waals surface area contributed by atoms with Crippen LogP contribution in [0, 0.1) is 17.1 Å². The highest BCUT2D eigenvalue weighted by Gasteiger charge is 2.24. The van der Waals surface area contributed by atoms with E-state index in [9.17, 15) is 9.18 Å². The summed E-state index contributed by atoms with van der Waals surface area (Å²) in [6.07, 6.45) is 0. The van der Waals surface area contributed by atoms with Gasteiger partial charge in [-0.25, -0.2) is 4.39 Å². The van der Waals surface area contributed by atoms with Crippen molar-refractivity contribution in [3.63, 3.8) is 0 Å². The topological polar surface area (TPSA) is 80.5 Å². The predicted octanol–water partition coefficient (Wildman–Crippen LogP) is 0.983. The molecule has 1 aromatic carbocycles. The second-order valence-corrected chi connectivity index (χ2v) is 2.90. The fraction of sp³-hybridized carbons (Fsp3) is 0.100. The van der Waals surface area contributed by atoms with Crippen LogP contribution < -0.4 is 4.90 Å². The molecule has 0 radical (unpaired) electrons. The molecular formula is C10H7FN4O. The van der Waals surface area contributed by atoms with Crippen LogP contribution in [0.5, 0.6) is 0 Å². The lowest BCUT2D eigenvalue weighted by molar-refractivity contribution is -0.116. The van der Waals surface area contributed by atoms with E-state index in [1.807, 2.05) is 0 Å². The van der Waals surface area contributed by atoms with Gasteiger partial charge in [0.25, 0.3) is 0 Å². The van der Waals surface area contributed by atoms with Crippen LogP contribution in [0.4, 0.5) is 10.1 Å². The van der Waals surface area contributed by atoms with E-state index in [-0.39, 0.29) is 0 Å². The van der Waals surface area contributed by atoms with Gasteiger partial charge in [0, 0.05) is 12.7 Å². The zero-order valence-electron chi connectivity index (χ0n) is 8.38. The lowest BCUT2D eigenvalue weighted by Gasteiger charge is -2.12. The fourth-order valence-corrected chi connectivity index (χ4v) is 1.05. The Bertz CT molecular complexity index is 497. The van der Waals surface area contributed by atoms with E-state index < -0.39 is 17.4 Å². The quantitative estimate of drug-likeness (QED) is 0.421. The molecule has 0 N–H and O–H groups in total. The van der Waals surface area contributed by atoms with Crippen LogP contribution in [0.2, 0.25) is 0 Å². The molecule has 0 bridgehead atoms. The van der Waals surface area contributed by atoms with Gasteiger partial charge >= 0.3 is 11.6 Å². The summed E-state index contributed by atoms with van der Waals surface area (Å²) in [5.74, 6) is -1.20. The van der Waals surface area contributed by atoms with Gasteiger partial charge in [0.1, 0.15) is 5.82 Å². The van der Waals surface area contributed by atoms with Crippen LogP contribution in [0.3, 0.4) is 0 Å². The van der Waals surface area contributed by atoms with E-state index in [1.54, 1.807) is 0 Å². The number of nitriles is 1. The molecule has 5 nitrogen and oxygen atoms in total. The Balaban J connectivity index is 3.00. The largest absolute Gasteiger partial charge is 0.455 e. The lowest BCUT2D eigenvalue weighted by Crippen LogP contribution is -2.33. The van der Waals surface area contributed by atoms with Gasteiger partial charge in [-0.15, -0.1) is 4.79 Å². The summed E-state index contributed by atoms with van der Waals surface area (Å²) < 4.78 is 12.6. The van der Waals surface area contributed by atoms with Crippen molar-refractivity contribution in [3.8, 4) is 6.07 Å². The number of benzene rings is 1. The molecule has 0 spiro atoms. The molecule has 16 heavy (non-hydrogen) atoms. The van der Waals surface area contributed by atoms with Crippen molar-refractivity contribution in [1.29, 1.82) is 5.26 Å². The summed E-state index contributed by atoms with van der Waals surface area (Å²) >= 11 is 0. The zero-order chi connectivity index (χ0) is 12.1. The van der Waals surface area contributed by atoms with Crippen LogP contribution in [-0.4, -0.2) is 23.5 Å². The molecule has 1 rings (SSSR count). The molecule has 1 amide bonds. The summed E-state index contributed by atoms with van der Waals surface area (Å²) in [7, 11) is 1.39. The summed E-state index contributed by atoms with van der Waals surface area (Å²) in [5.41, 5.74) is 8.15. The third kappa shape index (κ3) is 2.29. The van der Waals surface area contributed by atoms with Crippen LogP contribution in [0.1, 0.15) is 0 Å². The molecule has 0 aromatic heterocycles.